The van der Waals surface area contributed by atoms with E-state index in [-0.39, 0.29) is 17.3 Å². The Morgan fingerprint density at radius 1 is 0.892 bits per heavy atom. The normalized spacial score (nSPS) is 12.0. The quantitative estimate of drug-likeness (QED) is 0.412. The molecule has 0 saturated heterocycles. The lowest BCUT2D eigenvalue weighted by atomic mass is 10.1. The van der Waals surface area contributed by atoms with Crippen LogP contribution in [0, 0.1) is 13.8 Å². The number of rotatable bonds is 11. The van der Waals surface area contributed by atoms with Crippen molar-refractivity contribution in [2.45, 2.75) is 44.6 Å². The van der Waals surface area contributed by atoms with Crippen LogP contribution in [0.1, 0.15) is 30.0 Å². The Hall–Kier alpha value is -3.65. The van der Waals surface area contributed by atoms with Crippen LogP contribution in [0.2, 0.25) is 0 Å². The van der Waals surface area contributed by atoms with Gasteiger partial charge in [-0.2, -0.15) is 0 Å². The van der Waals surface area contributed by atoms with Gasteiger partial charge in [0.05, 0.1) is 10.6 Å². The van der Waals surface area contributed by atoms with Crippen LogP contribution < -0.4 is 9.62 Å². The monoisotopic (exact) mass is 521 g/mol. The molecule has 1 unspecified atom stereocenters. The Morgan fingerprint density at radius 2 is 1.46 bits per heavy atom. The zero-order valence-corrected chi connectivity index (χ0v) is 22.7. The Bertz CT molecular complexity index is 1290. The van der Waals surface area contributed by atoms with Gasteiger partial charge in [-0.3, -0.25) is 13.9 Å². The van der Waals surface area contributed by atoms with Gasteiger partial charge >= 0.3 is 0 Å². The molecule has 0 aliphatic carbocycles. The summed E-state index contributed by atoms with van der Waals surface area (Å²) < 4.78 is 28.7. The number of nitrogens with zero attached hydrogens (tertiary/aromatic N) is 2. The molecule has 0 fully saturated rings. The number of benzene rings is 3. The van der Waals surface area contributed by atoms with E-state index >= 15 is 0 Å². The first-order chi connectivity index (χ1) is 17.7. The zero-order chi connectivity index (χ0) is 27.0. The summed E-state index contributed by atoms with van der Waals surface area (Å²) in [5, 5.41) is 2.64. The Morgan fingerprint density at radius 3 is 2.00 bits per heavy atom. The maximum atomic E-state index is 13.9. The second-order valence-electron chi connectivity index (χ2n) is 9.03. The molecule has 8 heteroatoms. The molecule has 0 aliphatic rings. The Labute approximate surface area is 220 Å². The van der Waals surface area contributed by atoms with Crippen molar-refractivity contribution >= 4 is 27.5 Å². The van der Waals surface area contributed by atoms with Crippen molar-refractivity contribution in [3.63, 3.8) is 0 Å². The summed E-state index contributed by atoms with van der Waals surface area (Å²) in [7, 11) is -2.52. The maximum absolute atomic E-state index is 13.9. The van der Waals surface area contributed by atoms with E-state index in [0.717, 1.165) is 21.0 Å². The van der Waals surface area contributed by atoms with Gasteiger partial charge in [-0.25, -0.2) is 8.42 Å². The third-order valence-electron chi connectivity index (χ3n) is 6.22. The summed E-state index contributed by atoms with van der Waals surface area (Å²) >= 11 is 0. The molecular formula is C29H35N3O4S. The molecular weight excluding hydrogens is 486 g/mol. The van der Waals surface area contributed by atoms with Gasteiger partial charge in [-0.1, -0.05) is 61.5 Å². The van der Waals surface area contributed by atoms with Gasteiger partial charge in [-0.15, -0.1) is 0 Å². The number of carbonyl (C=O) groups is 2. The minimum absolute atomic E-state index is 0.0936. The van der Waals surface area contributed by atoms with E-state index in [1.165, 1.54) is 24.1 Å². The molecule has 0 radical (unpaired) electrons. The second-order valence-corrected chi connectivity index (χ2v) is 10.9. The highest BCUT2D eigenvalue weighted by Gasteiger charge is 2.33. The summed E-state index contributed by atoms with van der Waals surface area (Å²) in [6, 6.07) is 22.5. The van der Waals surface area contributed by atoms with Crippen LogP contribution in [0.3, 0.4) is 0 Å². The van der Waals surface area contributed by atoms with Gasteiger partial charge < -0.3 is 10.2 Å². The lowest BCUT2D eigenvalue weighted by molar-refractivity contribution is -0.139. The van der Waals surface area contributed by atoms with E-state index in [1.54, 1.807) is 30.3 Å². The third kappa shape index (κ3) is 6.98. The van der Waals surface area contributed by atoms with Gasteiger partial charge in [-0.05, 0) is 67.6 Å². The van der Waals surface area contributed by atoms with Gasteiger partial charge in [0.2, 0.25) is 11.8 Å². The van der Waals surface area contributed by atoms with Gasteiger partial charge in [0.1, 0.15) is 12.6 Å². The summed E-state index contributed by atoms with van der Waals surface area (Å²) in [5.74, 6) is -0.724. The van der Waals surface area contributed by atoms with Crippen molar-refractivity contribution in [1.29, 1.82) is 0 Å². The number of aryl methyl sites for hydroxylation is 2. The molecule has 7 nitrogen and oxygen atoms in total. The molecule has 1 atom stereocenters. The molecule has 0 saturated carbocycles. The fourth-order valence-electron chi connectivity index (χ4n) is 4.41. The third-order valence-corrected chi connectivity index (χ3v) is 8.01. The summed E-state index contributed by atoms with van der Waals surface area (Å²) in [6.45, 7) is 5.46. The average molecular weight is 522 g/mol. The maximum Gasteiger partial charge on any atom is 0.264 e. The molecule has 2 amide bonds. The van der Waals surface area contributed by atoms with E-state index in [9.17, 15) is 18.0 Å². The smallest absolute Gasteiger partial charge is 0.264 e. The Kier molecular flexibility index (Phi) is 9.47. The van der Waals surface area contributed by atoms with Crippen molar-refractivity contribution in [2.75, 3.05) is 24.4 Å². The van der Waals surface area contributed by atoms with Crippen LogP contribution in [-0.4, -0.2) is 51.3 Å². The number of hydrogen-bond acceptors (Lipinski definition) is 4. The molecule has 3 aromatic rings. The number of anilines is 1. The molecule has 3 rings (SSSR count). The molecule has 0 heterocycles. The first kappa shape index (κ1) is 27.9. The predicted molar refractivity (Wildman–Crippen MR) is 147 cm³/mol. The van der Waals surface area contributed by atoms with Crippen molar-refractivity contribution in [3.05, 3.63) is 95.6 Å². The lowest BCUT2D eigenvalue weighted by Crippen LogP contribution is -2.52. The van der Waals surface area contributed by atoms with E-state index < -0.39 is 28.5 Å². The van der Waals surface area contributed by atoms with Gasteiger partial charge in [0, 0.05) is 13.6 Å². The Balaban J connectivity index is 2.02. The van der Waals surface area contributed by atoms with Crippen LogP contribution in [-0.2, 0) is 26.0 Å². The van der Waals surface area contributed by atoms with Gasteiger partial charge in [0.15, 0.2) is 0 Å². The van der Waals surface area contributed by atoms with E-state index in [0.29, 0.717) is 18.5 Å². The molecule has 0 aliphatic heterocycles. The van der Waals surface area contributed by atoms with E-state index in [1.807, 2.05) is 57.2 Å². The highest BCUT2D eigenvalue weighted by molar-refractivity contribution is 7.92. The van der Waals surface area contributed by atoms with Crippen LogP contribution in [0.4, 0.5) is 5.69 Å². The predicted octanol–water partition coefficient (Wildman–Crippen LogP) is 4.09. The topological polar surface area (TPSA) is 86.8 Å². The fraction of sp³-hybridized carbons (Fsp3) is 0.310. The zero-order valence-electron chi connectivity index (χ0n) is 21.8. The van der Waals surface area contributed by atoms with Crippen LogP contribution in [0.15, 0.2) is 83.8 Å². The minimum Gasteiger partial charge on any atom is -0.357 e. The number of hydrogen-bond donors (Lipinski definition) is 1. The van der Waals surface area contributed by atoms with Crippen molar-refractivity contribution in [1.82, 2.24) is 10.2 Å². The van der Waals surface area contributed by atoms with Crippen LogP contribution in [0.5, 0.6) is 0 Å². The second kappa shape index (κ2) is 12.5. The standard InChI is InChI=1S/C29H35N3O4S/c1-5-27(29(34)30-4)31(17-16-24-12-8-6-9-13-24)28(33)21-32(25-19-22(2)18-23(3)20-25)37(35,36)26-14-10-7-11-15-26/h6-15,18-20,27H,5,16-17,21H2,1-4H3,(H,30,34). The van der Waals surface area contributed by atoms with Crippen molar-refractivity contribution in [3.8, 4) is 0 Å². The van der Waals surface area contributed by atoms with Crippen molar-refractivity contribution in [2.24, 2.45) is 0 Å². The average Bonchev–Trinajstić information content (AvgIpc) is 2.89. The number of amides is 2. The molecule has 37 heavy (non-hydrogen) atoms. The van der Waals surface area contributed by atoms with Crippen LogP contribution in [0.25, 0.3) is 0 Å². The molecule has 0 bridgehead atoms. The highest BCUT2D eigenvalue weighted by atomic mass is 32.2. The SMILES string of the molecule is CCC(C(=O)NC)N(CCc1ccccc1)C(=O)CN(c1cc(C)cc(C)c1)S(=O)(=O)c1ccccc1. The molecule has 0 aromatic heterocycles. The summed E-state index contributed by atoms with van der Waals surface area (Å²) in [5.41, 5.74) is 3.20. The fourth-order valence-corrected chi connectivity index (χ4v) is 5.82. The van der Waals surface area contributed by atoms with Crippen molar-refractivity contribution < 1.29 is 18.0 Å². The minimum atomic E-state index is -4.06. The molecule has 196 valence electrons. The molecule has 1 N–H and O–H groups in total. The highest BCUT2D eigenvalue weighted by Crippen LogP contribution is 2.26. The number of nitrogens with one attached hydrogen (secondary N) is 1. The summed E-state index contributed by atoms with van der Waals surface area (Å²) in [6.07, 6.45) is 0.935. The lowest BCUT2D eigenvalue weighted by Gasteiger charge is -2.33. The largest absolute Gasteiger partial charge is 0.357 e. The number of likely N-dealkylation sites (N-methyl/N-ethyl adjacent to an activating group) is 1. The number of carbonyl (C=O) groups excluding carboxylic acids is 2. The first-order valence-corrected chi connectivity index (χ1v) is 13.8. The molecule has 0 spiro atoms. The number of sulfonamides is 1. The van der Waals surface area contributed by atoms with E-state index in [4.69, 9.17) is 0 Å². The van der Waals surface area contributed by atoms with Gasteiger partial charge in [0.25, 0.3) is 10.0 Å². The first-order valence-electron chi connectivity index (χ1n) is 12.4. The summed E-state index contributed by atoms with van der Waals surface area (Å²) in [4.78, 5) is 28.2. The molecule has 3 aromatic carbocycles. The van der Waals surface area contributed by atoms with E-state index in [2.05, 4.69) is 5.32 Å². The van der Waals surface area contributed by atoms with Crippen LogP contribution >= 0.6 is 0 Å².